The molecule has 1 unspecified atom stereocenters. The highest BCUT2D eigenvalue weighted by Gasteiger charge is 2.29. The standard InChI is InChI=1S/C21H26N4OS/c26-21(25-10-1-2-11-25)17-7-6-15(12-22-17)20-24-18-13-23-16(14-4-3-5-14)8-9-19(18)27-20/h6-7,12,14,16,23H,1-5,8-11,13H2. The third-order valence-electron chi connectivity index (χ3n) is 6.33. The van der Waals surface area contributed by atoms with Crippen molar-refractivity contribution in [2.75, 3.05) is 13.1 Å². The molecule has 0 aromatic carbocycles. The number of nitrogens with zero attached hydrogens (tertiary/aromatic N) is 3. The first kappa shape index (κ1) is 17.3. The maximum Gasteiger partial charge on any atom is 0.272 e. The SMILES string of the molecule is O=C(c1ccc(-c2nc3c(s2)CCC(C2CCC2)NC3)cn1)N1CCCC1. The van der Waals surface area contributed by atoms with Gasteiger partial charge < -0.3 is 10.2 Å². The van der Waals surface area contributed by atoms with Gasteiger partial charge in [0.2, 0.25) is 0 Å². The van der Waals surface area contributed by atoms with Crippen molar-refractivity contribution in [1.29, 1.82) is 0 Å². The molecule has 2 fully saturated rings. The van der Waals surface area contributed by atoms with E-state index in [0.717, 1.165) is 55.4 Å². The lowest BCUT2D eigenvalue weighted by atomic mass is 9.78. The molecule has 1 aliphatic carbocycles. The van der Waals surface area contributed by atoms with Gasteiger partial charge in [0.05, 0.1) is 5.69 Å². The topological polar surface area (TPSA) is 58.1 Å². The third kappa shape index (κ3) is 3.41. The molecule has 1 N–H and O–H groups in total. The van der Waals surface area contributed by atoms with E-state index in [-0.39, 0.29) is 5.91 Å². The number of rotatable bonds is 3. The van der Waals surface area contributed by atoms with Crippen LogP contribution in [0.1, 0.15) is 59.6 Å². The molecule has 1 atom stereocenters. The molecular formula is C21H26N4OS. The Morgan fingerprint density at radius 1 is 1.15 bits per heavy atom. The molecular weight excluding hydrogens is 356 g/mol. The minimum absolute atomic E-state index is 0.0557. The largest absolute Gasteiger partial charge is 0.337 e. The van der Waals surface area contributed by atoms with Crippen LogP contribution in [0.25, 0.3) is 10.6 Å². The summed E-state index contributed by atoms with van der Waals surface area (Å²) >= 11 is 1.79. The first-order valence-electron chi connectivity index (χ1n) is 10.3. The summed E-state index contributed by atoms with van der Waals surface area (Å²) in [6.07, 6.45) is 10.5. The number of aryl methyl sites for hydroxylation is 1. The maximum absolute atomic E-state index is 12.4. The molecule has 2 aliphatic heterocycles. The number of carbonyl (C=O) groups excluding carboxylic acids is 1. The van der Waals surface area contributed by atoms with Gasteiger partial charge in [-0.2, -0.15) is 0 Å². The zero-order valence-electron chi connectivity index (χ0n) is 15.6. The Labute approximate surface area is 164 Å². The van der Waals surface area contributed by atoms with E-state index in [1.807, 2.05) is 23.2 Å². The fraction of sp³-hybridized carbons (Fsp3) is 0.571. The van der Waals surface area contributed by atoms with Gasteiger partial charge in [-0.3, -0.25) is 9.78 Å². The smallest absolute Gasteiger partial charge is 0.272 e. The molecule has 1 saturated heterocycles. The van der Waals surface area contributed by atoms with Crippen LogP contribution < -0.4 is 5.32 Å². The Balaban J connectivity index is 1.29. The molecule has 3 aliphatic rings. The van der Waals surface area contributed by atoms with Crippen LogP contribution in [0, 0.1) is 5.92 Å². The number of thiazole rings is 1. The van der Waals surface area contributed by atoms with E-state index in [4.69, 9.17) is 4.98 Å². The van der Waals surface area contributed by atoms with E-state index in [1.54, 1.807) is 11.3 Å². The summed E-state index contributed by atoms with van der Waals surface area (Å²) in [5, 5.41) is 4.76. The number of carbonyl (C=O) groups is 1. The summed E-state index contributed by atoms with van der Waals surface area (Å²) in [6, 6.07) is 4.52. The van der Waals surface area contributed by atoms with Crippen molar-refractivity contribution in [3.05, 3.63) is 34.6 Å². The molecule has 0 bridgehead atoms. The first-order chi connectivity index (χ1) is 13.3. The number of amides is 1. The Morgan fingerprint density at radius 2 is 2.00 bits per heavy atom. The van der Waals surface area contributed by atoms with E-state index in [9.17, 15) is 4.79 Å². The van der Waals surface area contributed by atoms with Gasteiger partial charge in [0.25, 0.3) is 5.91 Å². The lowest BCUT2D eigenvalue weighted by molar-refractivity contribution is 0.0787. The number of nitrogens with one attached hydrogen (secondary N) is 1. The van der Waals surface area contributed by atoms with Crippen LogP contribution in [0.15, 0.2) is 18.3 Å². The van der Waals surface area contributed by atoms with Crippen molar-refractivity contribution in [1.82, 2.24) is 20.2 Å². The fourth-order valence-corrected chi connectivity index (χ4v) is 5.51. The van der Waals surface area contributed by atoms with Gasteiger partial charge in [0, 0.05) is 42.3 Å². The predicted molar refractivity (Wildman–Crippen MR) is 107 cm³/mol. The molecule has 1 saturated carbocycles. The van der Waals surface area contributed by atoms with Crippen LogP contribution in [-0.2, 0) is 13.0 Å². The van der Waals surface area contributed by atoms with Crippen molar-refractivity contribution < 1.29 is 4.79 Å². The highest BCUT2D eigenvalue weighted by atomic mass is 32.1. The second-order valence-electron chi connectivity index (χ2n) is 8.04. The van der Waals surface area contributed by atoms with E-state index in [0.29, 0.717) is 11.7 Å². The minimum atomic E-state index is 0.0557. The van der Waals surface area contributed by atoms with Crippen molar-refractivity contribution in [2.24, 2.45) is 5.92 Å². The van der Waals surface area contributed by atoms with Crippen LogP contribution >= 0.6 is 11.3 Å². The number of hydrogen-bond donors (Lipinski definition) is 1. The zero-order valence-corrected chi connectivity index (χ0v) is 16.4. The average Bonchev–Trinajstić information content (AvgIpc) is 3.29. The summed E-state index contributed by atoms with van der Waals surface area (Å²) in [7, 11) is 0. The molecule has 27 heavy (non-hydrogen) atoms. The summed E-state index contributed by atoms with van der Waals surface area (Å²) < 4.78 is 0. The summed E-state index contributed by atoms with van der Waals surface area (Å²) in [4.78, 5) is 25.1. The van der Waals surface area contributed by atoms with Gasteiger partial charge in [-0.25, -0.2) is 4.98 Å². The summed E-state index contributed by atoms with van der Waals surface area (Å²) in [5.74, 6) is 0.934. The van der Waals surface area contributed by atoms with Gasteiger partial charge in [0.15, 0.2) is 0 Å². The highest BCUT2D eigenvalue weighted by molar-refractivity contribution is 7.15. The van der Waals surface area contributed by atoms with Crippen LogP contribution in [0.4, 0.5) is 0 Å². The monoisotopic (exact) mass is 382 g/mol. The van der Waals surface area contributed by atoms with E-state index < -0.39 is 0 Å². The average molecular weight is 383 g/mol. The third-order valence-corrected chi connectivity index (χ3v) is 7.54. The lowest BCUT2D eigenvalue weighted by Gasteiger charge is -2.33. The minimum Gasteiger partial charge on any atom is -0.337 e. The van der Waals surface area contributed by atoms with Crippen molar-refractivity contribution in [3.63, 3.8) is 0 Å². The lowest BCUT2D eigenvalue weighted by Crippen LogP contribution is -2.38. The van der Waals surface area contributed by atoms with Crippen LogP contribution in [-0.4, -0.2) is 39.9 Å². The van der Waals surface area contributed by atoms with Gasteiger partial charge in [0.1, 0.15) is 10.7 Å². The number of aromatic nitrogens is 2. The molecule has 6 heteroatoms. The molecule has 5 nitrogen and oxygen atoms in total. The van der Waals surface area contributed by atoms with Gasteiger partial charge >= 0.3 is 0 Å². The number of likely N-dealkylation sites (tertiary alicyclic amines) is 1. The number of fused-ring (bicyclic) bond motifs is 1. The maximum atomic E-state index is 12.4. The molecule has 0 spiro atoms. The van der Waals surface area contributed by atoms with Crippen molar-refractivity contribution in [2.45, 2.75) is 57.5 Å². The van der Waals surface area contributed by atoms with Gasteiger partial charge in [-0.15, -0.1) is 11.3 Å². The normalized spacial score (nSPS) is 23.0. The molecule has 1 amide bonds. The van der Waals surface area contributed by atoms with Crippen molar-refractivity contribution in [3.8, 4) is 10.6 Å². The second kappa shape index (κ2) is 7.32. The van der Waals surface area contributed by atoms with E-state index >= 15 is 0 Å². The van der Waals surface area contributed by atoms with Gasteiger partial charge in [-0.1, -0.05) is 6.42 Å². The summed E-state index contributed by atoms with van der Waals surface area (Å²) in [6.45, 7) is 2.60. The Hall–Kier alpha value is -1.79. The van der Waals surface area contributed by atoms with Gasteiger partial charge in [-0.05, 0) is 56.6 Å². The fourth-order valence-electron chi connectivity index (χ4n) is 4.43. The highest BCUT2D eigenvalue weighted by Crippen LogP contribution is 2.35. The summed E-state index contributed by atoms with van der Waals surface area (Å²) in [5.41, 5.74) is 2.76. The molecule has 142 valence electrons. The Kier molecular flexibility index (Phi) is 4.70. The quantitative estimate of drug-likeness (QED) is 0.880. The van der Waals surface area contributed by atoms with Crippen LogP contribution in [0.5, 0.6) is 0 Å². The number of hydrogen-bond acceptors (Lipinski definition) is 5. The first-order valence-corrected chi connectivity index (χ1v) is 11.1. The van der Waals surface area contributed by atoms with Crippen molar-refractivity contribution >= 4 is 17.2 Å². The second-order valence-corrected chi connectivity index (χ2v) is 9.12. The molecule has 5 rings (SSSR count). The molecule has 0 radical (unpaired) electrons. The molecule has 2 aromatic rings. The Morgan fingerprint density at radius 3 is 2.70 bits per heavy atom. The molecule has 2 aromatic heterocycles. The number of pyridine rings is 1. The Bertz CT molecular complexity index is 796. The molecule has 4 heterocycles. The predicted octanol–water partition coefficient (Wildman–Crippen LogP) is 3.65. The van der Waals surface area contributed by atoms with E-state index in [2.05, 4.69) is 10.3 Å². The van der Waals surface area contributed by atoms with Crippen LogP contribution in [0.2, 0.25) is 0 Å². The van der Waals surface area contributed by atoms with E-state index in [1.165, 1.54) is 36.3 Å². The zero-order chi connectivity index (χ0) is 18.2. The van der Waals surface area contributed by atoms with Crippen LogP contribution in [0.3, 0.4) is 0 Å².